The molecule has 1 aliphatic rings. The molecule has 2 heterocycles. The maximum absolute atomic E-state index is 11.7. The van der Waals surface area contributed by atoms with Crippen LogP contribution in [0.1, 0.15) is 12.0 Å². The van der Waals surface area contributed by atoms with Gasteiger partial charge in [0.2, 0.25) is 0 Å². The highest BCUT2D eigenvalue weighted by atomic mass is 35.5. The fourth-order valence-electron chi connectivity index (χ4n) is 2.74. The van der Waals surface area contributed by atoms with Gasteiger partial charge in [-0.2, -0.15) is 5.10 Å². The van der Waals surface area contributed by atoms with Crippen molar-refractivity contribution < 1.29 is 9.53 Å². The van der Waals surface area contributed by atoms with Crippen LogP contribution in [-0.4, -0.2) is 63.9 Å². The van der Waals surface area contributed by atoms with Crippen LogP contribution in [0, 0.1) is 0 Å². The number of aromatic nitrogens is 3. The van der Waals surface area contributed by atoms with E-state index in [0.29, 0.717) is 5.02 Å². The molecule has 24 heavy (non-hydrogen) atoms. The highest BCUT2D eigenvalue weighted by Crippen LogP contribution is 2.23. The van der Waals surface area contributed by atoms with E-state index in [1.807, 2.05) is 18.2 Å². The van der Waals surface area contributed by atoms with Crippen molar-refractivity contribution in [2.24, 2.45) is 0 Å². The molecule has 0 spiro atoms. The zero-order valence-electron chi connectivity index (χ0n) is 13.7. The van der Waals surface area contributed by atoms with Gasteiger partial charge in [-0.3, -0.25) is 4.90 Å². The van der Waals surface area contributed by atoms with Crippen molar-refractivity contribution in [3.05, 3.63) is 41.4 Å². The first kappa shape index (κ1) is 16.7. The van der Waals surface area contributed by atoms with E-state index in [4.69, 9.17) is 16.3 Å². The molecule has 8 heteroatoms. The first-order chi connectivity index (χ1) is 11.5. The molecule has 0 aliphatic carbocycles. The topological polar surface area (TPSA) is 63.5 Å². The predicted molar refractivity (Wildman–Crippen MR) is 90.2 cm³/mol. The average Bonchev–Trinajstić information content (AvgIpc) is 3.21. The van der Waals surface area contributed by atoms with Gasteiger partial charge in [-0.1, -0.05) is 17.7 Å². The van der Waals surface area contributed by atoms with Crippen molar-refractivity contribution in [2.45, 2.75) is 19.1 Å². The van der Waals surface area contributed by atoms with Crippen molar-refractivity contribution in [3.63, 3.8) is 0 Å². The van der Waals surface area contributed by atoms with Gasteiger partial charge in [0.1, 0.15) is 18.8 Å². The summed E-state index contributed by atoms with van der Waals surface area (Å²) in [5, 5.41) is 4.85. The van der Waals surface area contributed by atoms with Crippen LogP contribution >= 0.6 is 11.6 Å². The lowest BCUT2D eigenvalue weighted by Gasteiger charge is -2.19. The van der Waals surface area contributed by atoms with Gasteiger partial charge in [0.05, 0.1) is 5.69 Å². The number of hydrogen-bond donors (Lipinski definition) is 0. The zero-order valence-corrected chi connectivity index (χ0v) is 14.5. The average molecular weight is 350 g/mol. The fourth-order valence-corrected chi connectivity index (χ4v) is 2.91. The van der Waals surface area contributed by atoms with Gasteiger partial charge in [-0.25, -0.2) is 14.5 Å². The van der Waals surface area contributed by atoms with Gasteiger partial charge in [-0.05, 0) is 24.1 Å². The third kappa shape index (κ3) is 3.85. The number of ether oxygens (including phenoxy) is 1. The quantitative estimate of drug-likeness (QED) is 0.846. The molecule has 1 amide bonds. The minimum atomic E-state index is -0.295. The summed E-state index contributed by atoms with van der Waals surface area (Å²) in [7, 11) is 3.38. The second-order valence-electron chi connectivity index (χ2n) is 6.04. The molecule has 1 atom stereocenters. The van der Waals surface area contributed by atoms with Gasteiger partial charge >= 0.3 is 6.09 Å². The molecular formula is C16H20ClN5O2. The number of rotatable bonds is 4. The molecule has 1 aromatic carbocycles. The highest BCUT2D eigenvalue weighted by Gasteiger charge is 2.26. The van der Waals surface area contributed by atoms with E-state index in [2.05, 4.69) is 15.0 Å². The van der Waals surface area contributed by atoms with E-state index in [0.717, 1.165) is 37.3 Å². The normalized spacial score (nSPS) is 17.9. The molecule has 1 fully saturated rings. The van der Waals surface area contributed by atoms with Crippen molar-refractivity contribution in [2.75, 3.05) is 27.2 Å². The summed E-state index contributed by atoms with van der Waals surface area (Å²) in [6.45, 7) is 2.34. The first-order valence-corrected chi connectivity index (χ1v) is 8.14. The van der Waals surface area contributed by atoms with Crippen LogP contribution < -0.4 is 0 Å². The Morgan fingerprint density at radius 3 is 3.00 bits per heavy atom. The third-order valence-corrected chi connectivity index (χ3v) is 4.20. The lowest BCUT2D eigenvalue weighted by atomic mass is 10.1. The Kier molecular flexibility index (Phi) is 5.01. The van der Waals surface area contributed by atoms with Gasteiger partial charge in [0, 0.05) is 38.8 Å². The summed E-state index contributed by atoms with van der Waals surface area (Å²) < 4.78 is 7.17. The molecular weight excluding hydrogens is 330 g/mol. The molecule has 1 saturated heterocycles. The number of nitrogens with zero attached hydrogens (tertiary/aromatic N) is 5. The van der Waals surface area contributed by atoms with Crippen LogP contribution in [0.5, 0.6) is 0 Å². The number of hydrogen-bond acceptors (Lipinski definition) is 5. The Balaban J connectivity index is 1.68. The maximum Gasteiger partial charge on any atom is 0.409 e. The van der Waals surface area contributed by atoms with E-state index >= 15 is 0 Å². The predicted octanol–water partition coefficient (Wildman–Crippen LogP) is 2.19. The molecule has 1 unspecified atom stereocenters. The van der Waals surface area contributed by atoms with E-state index in [-0.39, 0.29) is 12.2 Å². The molecule has 3 rings (SSSR count). The number of benzene rings is 1. The standard InChI is InChI=1S/C16H20ClN5O2/c1-20(2)16(23)24-14-5-6-21(9-14)8-12-3-4-13(17)7-15(12)22-11-18-10-19-22/h3-4,7,10-11,14H,5-6,8-9H2,1-2H3. The van der Waals surface area contributed by atoms with Crippen LogP contribution in [0.3, 0.4) is 0 Å². The SMILES string of the molecule is CN(C)C(=O)OC1CCN(Cc2ccc(Cl)cc2-n2cncn2)C1. The summed E-state index contributed by atoms with van der Waals surface area (Å²) in [4.78, 5) is 19.4. The van der Waals surface area contributed by atoms with Gasteiger partial charge in [0.15, 0.2) is 0 Å². The van der Waals surface area contributed by atoms with Crippen LogP contribution in [0.15, 0.2) is 30.9 Å². The van der Waals surface area contributed by atoms with Crippen molar-refractivity contribution in [3.8, 4) is 5.69 Å². The first-order valence-electron chi connectivity index (χ1n) is 7.76. The third-order valence-electron chi connectivity index (χ3n) is 3.97. The van der Waals surface area contributed by atoms with Crippen LogP contribution in [0.25, 0.3) is 5.69 Å². The Morgan fingerprint density at radius 2 is 2.29 bits per heavy atom. The molecule has 0 saturated carbocycles. The Hall–Kier alpha value is -2.12. The van der Waals surface area contributed by atoms with Crippen LogP contribution in [0.4, 0.5) is 4.79 Å². The number of carbonyl (C=O) groups excluding carboxylic acids is 1. The molecule has 0 radical (unpaired) electrons. The van der Waals surface area contributed by atoms with Crippen LogP contribution in [-0.2, 0) is 11.3 Å². The van der Waals surface area contributed by atoms with Crippen molar-refractivity contribution >= 4 is 17.7 Å². The summed E-state index contributed by atoms with van der Waals surface area (Å²) in [5.74, 6) is 0. The second-order valence-corrected chi connectivity index (χ2v) is 6.47. The Morgan fingerprint density at radius 1 is 1.46 bits per heavy atom. The Bertz CT molecular complexity index is 704. The molecule has 7 nitrogen and oxygen atoms in total. The number of carbonyl (C=O) groups is 1. The molecule has 1 aromatic heterocycles. The van der Waals surface area contributed by atoms with Gasteiger partial charge in [-0.15, -0.1) is 0 Å². The lowest BCUT2D eigenvalue weighted by molar-refractivity contribution is 0.0774. The second kappa shape index (κ2) is 7.19. The number of amides is 1. The highest BCUT2D eigenvalue weighted by molar-refractivity contribution is 6.30. The molecule has 0 N–H and O–H groups in total. The molecule has 1 aliphatic heterocycles. The van der Waals surface area contributed by atoms with Crippen molar-refractivity contribution in [1.29, 1.82) is 0 Å². The zero-order chi connectivity index (χ0) is 17.1. The van der Waals surface area contributed by atoms with Gasteiger partial charge in [0.25, 0.3) is 0 Å². The van der Waals surface area contributed by atoms with E-state index in [9.17, 15) is 4.79 Å². The maximum atomic E-state index is 11.7. The minimum absolute atomic E-state index is 0.0676. The summed E-state index contributed by atoms with van der Waals surface area (Å²) in [5.41, 5.74) is 2.01. The summed E-state index contributed by atoms with van der Waals surface area (Å²) in [6.07, 6.45) is 3.63. The van der Waals surface area contributed by atoms with E-state index in [1.54, 1.807) is 25.1 Å². The minimum Gasteiger partial charge on any atom is -0.445 e. The molecule has 128 valence electrons. The van der Waals surface area contributed by atoms with Crippen molar-refractivity contribution in [1.82, 2.24) is 24.6 Å². The van der Waals surface area contributed by atoms with Crippen LogP contribution in [0.2, 0.25) is 5.02 Å². The smallest absolute Gasteiger partial charge is 0.409 e. The summed E-state index contributed by atoms with van der Waals surface area (Å²) >= 11 is 6.12. The molecule has 0 bridgehead atoms. The van der Waals surface area contributed by atoms with Gasteiger partial charge < -0.3 is 9.64 Å². The summed E-state index contributed by atoms with van der Waals surface area (Å²) in [6, 6.07) is 5.75. The lowest BCUT2D eigenvalue weighted by Crippen LogP contribution is -2.30. The number of likely N-dealkylation sites (tertiary alicyclic amines) is 1. The monoisotopic (exact) mass is 349 g/mol. The number of halogens is 1. The fraction of sp³-hybridized carbons (Fsp3) is 0.438. The Labute approximate surface area is 145 Å². The van der Waals surface area contributed by atoms with E-state index in [1.165, 1.54) is 11.2 Å². The largest absolute Gasteiger partial charge is 0.445 e. The van der Waals surface area contributed by atoms with E-state index < -0.39 is 0 Å². The molecule has 2 aromatic rings.